The molecule has 0 radical (unpaired) electrons. The molecule has 0 fully saturated rings. The Hall–Kier alpha value is -3.12. The standard InChI is InChI=1S/C28H30FN3O2/c1-2-12-32(15-18-5-7-25-22(13-18)23-14-19(29)6-8-26(23)31-25)16-20-17-33-27-10-9-24-21(28(27)34-20)4-3-11-30-24/h3-4,6,8-11,14,18,20,31H,2,5,7,12-13,15-17H2,1H3/t18-,20+/m1/s1. The van der Waals surface area contributed by atoms with Crippen LogP contribution in [-0.4, -0.2) is 47.2 Å². The van der Waals surface area contributed by atoms with Crippen LogP contribution in [0, 0.1) is 11.7 Å². The molecule has 2 aliphatic rings. The molecule has 0 bridgehead atoms. The lowest BCUT2D eigenvalue weighted by atomic mass is 9.86. The van der Waals surface area contributed by atoms with Crippen LogP contribution in [0.25, 0.3) is 21.8 Å². The molecule has 6 heteroatoms. The Morgan fingerprint density at radius 1 is 1.15 bits per heavy atom. The fourth-order valence-corrected chi connectivity index (χ4v) is 5.66. The quantitative estimate of drug-likeness (QED) is 0.413. The summed E-state index contributed by atoms with van der Waals surface area (Å²) in [4.78, 5) is 10.5. The molecule has 6 rings (SSSR count). The minimum atomic E-state index is -0.165. The van der Waals surface area contributed by atoms with Gasteiger partial charge >= 0.3 is 0 Å². The van der Waals surface area contributed by atoms with Gasteiger partial charge in [0, 0.05) is 41.3 Å². The van der Waals surface area contributed by atoms with Gasteiger partial charge in [-0.05, 0) is 86.2 Å². The molecule has 1 aliphatic carbocycles. The van der Waals surface area contributed by atoms with Gasteiger partial charge in [0.25, 0.3) is 0 Å². The van der Waals surface area contributed by atoms with Crippen molar-refractivity contribution in [2.75, 3.05) is 26.2 Å². The lowest BCUT2D eigenvalue weighted by Crippen LogP contribution is -2.43. The van der Waals surface area contributed by atoms with E-state index in [0.29, 0.717) is 12.5 Å². The number of aryl methyl sites for hydroxylation is 1. The van der Waals surface area contributed by atoms with Gasteiger partial charge in [-0.25, -0.2) is 4.39 Å². The maximum atomic E-state index is 13.9. The highest BCUT2D eigenvalue weighted by Gasteiger charge is 2.28. The van der Waals surface area contributed by atoms with Gasteiger partial charge in [0.15, 0.2) is 11.5 Å². The Kier molecular flexibility index (Phi) is 5.61. The van der Waals surface area contributed by atoms with Crippen LogP contribution in [0.3, 0.4) is 0 Å². The zero-order valence-electron chi connectivity index (χ0n) is 19.5. The largest absolute Gasteiger partial charge is 0.486 e. The smallest absolute Gasteiger partial charge is 0.171 e. The average Bonchev–Trinajstić information content (AvgIpc) is 3.21. The normalized spacial score (nSPS) is 19.6. The molecular formula is C28H30FN3O2. The predicted molar refractivity (Wildman–Crippen MR) is 132 cm³/mol. The minimum absolute atomic E-state index is 0.0220. The summed E-state index contributed by atoms with van der Waals surface area (Å²) >= 11 is 0. The summed E-state index contributed by atoms with van der Waals surface area (Å²) in [7, 11) is 0. The van der Waals surface area contributed by atoms with Crippen LogP contribution in [0.2, 0.25) is 0 Å². The highest BCUT2D eigenvalue weighted by molar-refractivity contribution is 5.88. The van der Waals surface area contributed by atoms with Crippen molar-refractivity contribution in [3.05, 3.63) is 65.7 Å². The van der Waals surface area contributed by atoms with E-state index in [1.165, 1.54) is 17.3 Å². The van der Waals surface area contributed by atoms with Crippen LogP contribution in [0.4, 0.5) is 4.39 Å². The zero-order valence-corrected chi connectivity index (χ0v) is 19.5. The second kappa shape index (κ2) is 8.91. The number of halogens is 1. The van der Waals surface area contributed by atoms with E-state index < -0.39 is 0 Å². The third-order valence-corrected chi connectivity index (χ3v) is 7.18. The lowest BCUT2D eigenvalue weighted by molar-refractivity contribution is 0.0547. The van der Waals surface area contributed by atoms with E-state index in [9.17, 15) is 4.39 Å². The molecule has 1 N–H and O–H groups in total. The predicted octanol–water partition coefficient (Wildman–Crippen LogP) is 5.51. The first-order valence-electron chi connectivity index (χ1n) is 12.4. The molecule has 0 spiro atoms. The van der Waals surface area contributed by atoms with Crippen LogP contribution < -0.4 is 9.47 Å². The van der Waals surface area contributed by atoms with Crippen molar-refractivity contribution in [2.24, 2.45) is 5.92 Å². The Morgan fingerprint density at radius 3 is 3.00 bits per heavy atom. The summed E-state index contributed by atoms with van der Waals surface area (Å²) in [5.41, 5.74) is 4.54. The average molecular weight is 460 g/mol. The van der Waals surface area contributed by atoms with E-state index in [0.717, 1.165) is 78.6 Å². The summed E-state index contributed by atoms with van der Waals surface area (Å²) in [5, 5.41) is 2.04. The highest BCUT2D eigenvalue weighted by atomic mass is 19.1. The van der Waals surface area contributed by atoms with E-state index in [1.54, 1.807) is 12.3 Å². The monoisotopic (exact) mass is 459 g/mol. The molecule has 4 aromatic rings. The molecule has 5 nitrogen and oxygen atoms in total. The molecule has 2 atom stereocenters. The number of pyridine rings is 1. The molecule has 0 amide bonds. The zero-order chi connectivity index (χ0) is 23.1. The maximum Gasteiger partial charge on any atom is 0.171 e. The van der Waals surface area contributed by atoms with E-state index >= 15 is 0 Å². The van der Waals surface area contributed by atoms with E-state index in [1.807, 2.05) is 30.3 Å². The van der Waals surface area contributed by atoms with Gasteiger partial charge in [0.2, 0.25) is 0 Å². The molecule has 2 aromatic carbocycles. The summed E-state index contributed by atoms with van der Waals surface area (Å²) in [6.07, 6.45) is 6.02. The van der Waals surface area contributed by atoms with Crippen molar-refractivity contribution in [2.45, 2.75) is 38.7 Å². The summed E-state index contributed by atoms with van der Waals surface area (Å²) in [6, 6.07) is 13.0. The van der Waals surface area contributed by atoms with Gasteiger partial charge in [-0.3, -0.25) is 9.88 Å². The van der Waals surface area contributed by atoms with Crippen molar-refractivity contribution < 1.29 is 13.9 Å². The van der Waals surface area contributed by atoms with Crippen LogP contribution in [0.1, 0.15) is 31.0 Å². The third-order valence-electron chi connectivity index (χ3n) is 7.18. The molecule has 1 aliphatic heterocycles. The number of H-pyrrole nitrogens is 1. The van der Waals surface area contributed by atoms with E-state index in [4.69, 9.17) is 9.47 Å². The van der Waals surface area contributed by atoms with Crippen molar-refractivity contribution in [1.82, 2.24) is 14.9 Å². The number of benzene rings is 2. The minimum Gasteiger partial charge on any atom is -0.486 e. The maximum absolute atomic E-state index is 13.9. The van der Waals surface area contributed by atoms with Gasteiger partial charge in [0.1, 0.15) is 18.5 Å². The lowest BCUT2D eigenvalue weighted by Gasteiger charge is -2.34. The number of rotatable bonds is 6. The van der Waals surface area contributed by atoms with Gasteiger partial charge in [0.05, 0.1) is 5.52 Å². The molecule has 176 valence electrons. The van der Waals surface area contributed by atoms with Crippen molar-refractivity contribution in [1.29, 1.82) is 0 Å². The molecule has 34 heavy (non-hydrogen) atoms. The topological polar surface area (TPSA) is 50.4 Å². The first-order valence-corrected chi connectivity index (χ1v) is 12.4. The van der Waals surface area contributed by atoms with Gasteiger partial charge < -0.3 is 14.5 Å². The fraction of sp³-hybridized carbons (Fsp3) is 0.393. The Balaban J connectivity index is 1.17. The number of aromatic nitrogens is 2. The molecule has 0 saturated heterocycles. The summed E-state index contributed by atoms with van der Waals surface area (Å²) in [5.74, 6) is 1.98. The van der Waals surface area contributed by atoms with Gasteiger partial charge in [-0.2, -0.15) is 0 Å². The van der Waals surface area contributed by atoms with Crippen molar-refractivity contribution >= 4 is 21.8 Å². The summed E-state index contributed by atoms with van der Waals surface area (Å²) < 4.78 is 26.5. The Labute approximate surface area is 198 Å². The summed E-state index contributed by atoms with van der Waals surface area (Å²) in [6.45, 7) is 5.64. The number of fused-ring (bicyclic) bond motifs is 6. The fourth-order valence-electron chi connectivity index (χ4n) is 5.66. The number of nitrogens with zero attached hydrogens (tertiary/aromatic N) is 2. The number of nitrogens with one attached hydrogen (secondary N) is 1. The Morgan fingerprint density at radius 2 is 2.09 bits per heavy atom. The highest BCUT2D eigenvalue weighted by Crippen LogP contribution is 2.38. The first kappa shape index (κ1) is 21.4. The SMILES string of the molecule is CCCN(C[C@@H]1CCc2[nH]c3ccc(F)cc3c2C1)C[C@H]1COc2ccc3ncccc3c2O1. The third kappa shape index (κ3) is 4.00. The first-order chi connectivity index (χ1) is 16.7. The van der Waals surface area contributed by atoms with Gasteiger partial charge in [-0.1, -0.05) is 6.92 Å². The van der Waals surface area contributed by atoms with E-state index in [2.05, 4.69) is 21.8 Å². The van der Waals surface area contributed by atoms with E-state index in [-0.39, 0.29) is 11.9 Å². The molecule has 2 aromatic heterocycles. The second-order valence-electron chi connectivity index (χ2n) is 9.65. The molecule has 0 unspecified atom stereocenters. The Bertz CT molecular complexity index is 1330. The number of hydrogen-bond acceptors (Lipinski definition) is 4. The number of aromatic amines is 1. The number of hydrogen-bond donors (Lipinski definition) is 1. The van der Waals surface area contributed by atoms with Crippen LogP contribution in [0.5, 0.6) is 11.5 Å². The second-order valence-corrected chi connectivity index (χ2v) is 9.65. The van der Waals surface area contributed by atoms with Crippen LogP contribution in [0.15, 0.2) is 48.7 Å². The van der Waals surface area contributed by atoms with Crippen LogP contribution >= 0.6 is 0 Å². The molecule has 3 heterocycles. The molecule has 0 saturated carbocycles. The van der Waals surface area contributed by atoms with Crippen LogP contribution in [-0.2, 0) is 12.8 Å². The van der Waals surface area contributed by atoms with Crippen molar-refractivity contribution in [3.8, 4) is 11.5 Å². The molecular weight excluding hydrogens is 429 g/mol. The van der Waals surface area contributed by atoms with Gasteiger partial charge in [-0.15, -0.1) is 0 Å². The van der Waals surface area contributed by atoms with Crippen molar-refractivity contribution in [3.63, 3.8) is 0 Å². The number of ether oxygens (including phenoxy) is 2.